The number of nitro groups is 1. The number of nitrogens with one attached hydrogen (secondary N) is 1. The number of rotatable bonds is 6. The molecular formula is C19H16Cl2N4O4. The molecule has 2 aromatic carbocycles. The number of carbonyl (C=O) groups is 1. The number of hydrogen-bond donors (Lipinski definition) is 1. The molecule has 1 aromatic heterocycles. The van der Waals surface area contributed by atoms with Gasteiger partial charge in [0, 0.05) is 29.9 Å². The first kappa shape index (κ1) is 20.6. The van der Waals surface area contributed by atoms with Crippen LogP contribution >= 0.6 is 23.2 Å². The molecule has 0 aliphatic carbocycles. The molecule has 0 radical (unpaired) electrons. The van der Waals surface area contributed by atoms with Crippen molar-refractivity contribution in [1.29, 1.82) is 0 Å². The van der Waals surface area contributed by atoms with E-state index in [0.717, 1.165) is 5.56 Å². The number of anilines is 1. The Morgan fingerprint density at radius 2 is 1.97 bits per heavy atom. The molecule has 0 bridgehead atoms. The van der Waals surface area contributed by atoms with Gasteiger partial charge in [0.25, 0.3) is 11.6 Å². The number of amides is 1. The molecule has 0 fully saturated rings. The van der Waals surface area contributed by atoms with Gasteiger partial charge in [-0.15, -0.1) is 0 Å². The molecule has 8 nitrogen and oxygen atoms in total. The van der Waals surface area contributed by atoms with Crippen molar-refractivity contribution in [3.63, 3.8) is 0 Å². The van der Waals surface area contributed by atoms with E-state index in [1.807, 2.05) is 13.8 Å². The Labute approximate surface area is 176 Å². The number of benzene rings is 2. The van der Waals surface area contributed by atoms with Gasteiger partial charge in [-0.05, 0) is 37.6 Å². The molecule has 0 spiro atoms. The van der Waals surface area contributed by atoms with Crippen molar-refractivity contribution in [2.75, 3.05) is 5.32 Å². The van der Waals surface area contributed by atoms with Crippen LogP contribution in [0.1, 0.15) is 23.0 Å². The zero-order chi connectivity index (χ0) is 21.1. The molecule has 3 rings (SSSR count). The first-order valence-corrected chi connectivity index (χ1v) is 9.30. The van der Waals surface area contributed by atoms with Crippen LogP contribution in [0.15, 0.2) is 42.6 Å². The summed E-state index contributed by atoms with van der Waals surface area (Å²) in [7, 11) is 0. The van der Waals surface area contributed by atoms with E-state index in [-0.39, 0.29) is 27.8 Å². The normalized spacial score (nSPS) is 10.6. The third-order valence-electron chi connectivity index (χ3n) is 3.98. The molecule has 29 heavy (non-hydrogen) atoms. The molecule has 0 aliphatic rings. The maximum atomic E-state index is 12.5. The summed E-state index contributed by atoms with van der Waals surface area (Å²) in [6, 6.07) is 8.97. The van der Waals surface area contributed by atoms with Crippen LogP contribution in [0.2, 0.25) is 10.0 Å². The highest BCUT2D eigenvalue weighted by molar-refractivity contribution is 6.34. The number of aryl methyl sites for hydroxylation is 2. The van der Waals surface area contributed by atoms with Crippen molar-refractivity contribution in [1.82, 2.24) is 9.78 Å². The molecule has 0 saturated carbocycles. The monoisotopic (exact) mass is 434 g/mol. The summed E-state index contributed by atoms with van der Waals surface area (Å²) >= 11 is 12.1. The minimum Gasteiger partial charge on any atom is -0.457 e. The van der Waals surface area contributed by atoms with Crippen molar-refractivity contribution in [3.8, 4) is 11.5 Å². The zero-order valence-electron chi connectivity index (χ0n) is 15.5. The number of carbonyl (C=O) groups excluding carboxylic acids is 1. The largest absolute Gasteiger partial charge is 0.457 e. The lowest BCUT2D eigenvalue weighted by molar-refractivity contribution is -0.384. The molecule has 0 aliphatic heterocycles. The fourth-order valence-corrected chi connectivity index (χ4v) is 2.89. The van der Waals surface area contributed by atoms with E-state index >= 15 is 0 Å². The van der Waals surface area contributed by atoms with E-state index in [9.17, 15) is 14.9 Å². The van der Waals surface area contributed by atoms with E-state index in [1.165, 1.54) is 29.1 Å². The Bertz CT molecular complexity index is 1100. The molecule has 1 N–H and O–H groups in total. The smallest absolute Gasteiger partial charge is 0.277 e. The van der Waals surface area contributed by atoms with E-state index in [2.05, 4.69) is 10.4 Å². The lowest BCUT2D eigenvalue weighted by atomic mass is 10.2. The van der Waals surface area contributed by atoms with Crippen LogP contribution in [0.5, 0.6) is 11.5 Å². The van der Waals surface area contributed by atoms with Crippen LogP contribution in [0, 0.1) is 17.0 Å². The maximum absolute atomic E-state index is 12.5. The molecule has 150 valence electrons. The Morgan fingerprint density at radius 1 is 1.21 bits per heavy atom. The van der Waals surface area contributed by atoms with Gasteiger partial charge in [-0.2, -0.15) is 5.10 Å². The Balaban J connectivity index is 1.89. The third-order valence-corrected chi connectivity index (χ3v) is 4.68. The highest BCUT2D eigenvalue weighted by Crippen LogP contribution is 2.31. The lowest BCUT2D eigenvalue weighted by Crippen LogP contribution is -2.14. The molecule has 3 aromatic rings. The predicted octanol–water partition coefficient (Wildman–Crippen LogP) is 5.47. The van der Waals surface area contributed by atoms with Gasteiger partial charge >= 0.3 is 0 Å². The van der Waals surface area contributed by atoms with E-state index < -0.39 is 10.8 Å². The van der Waals surface area contributed by atoms with Gasteiger partial charge in [0.2, 0.25) is 0 Å². The minimum absolute atomic E-state index is 0.0239. The van der Waals surface area contributed by atoms with Gasteiger partial charge in [0.15, 0.2) is 5.69 Å². The first-order chi connectivity index (χ1) is 13.8. The predicted molar refractivity (Wildman–Crippen MR) is 110 cm³/mol. The van der Waals surface area contributed by atoms with Crippen molar-refractivity contribution < 1.29 is 14.5 Å². The number of nitrogens with zero attached hydrogens (tertiary/aromatic N) is 3. The summed E-state index contributed by atoms with van der Waals surface area (Å²) < 4.78 is 7.23. The van der Waals surface area contributed by atoms with Gasteiger partial charge < -0.3 is 10.1 Å². The van der Waals surface area contributed by atoms with Crippen molar-refractivity contribution in [2.24, 2.45) is 0 Å². The molecule has 0 saturated heterocycles. The van der Waals surface area contributed by atoms with Gasteiger partial charge in [0.05, 0.1) is 21.7 Å². The van der Waals surface area contributed by atoms with Crippen LogP contribution in [0.3, 0.4) is 0 Å². The van der Waals surface area contributed by atoms with Gasteiger partial charge in [-0.25, -0.2) is 0 Å². The standard InChI is InChI=1S/C19H16Cl2N4O4/c1-3-24-10-17(21)18(23-24)19(26)22-12-7-13(25(27)28)9-15(8-12)29-14-4-5-16(20)11(2)6-14/h4-10H,3H2,1-2H3,(H,22,26). The Hall–Kier alpha value is -3.10. The van der Waals surface area contributed by atoms with Crippen LogP contribution in [0.25, 0.3) is 0 Å². The van der Waals surface area contributed by atoms with E-state index in [1.54, 1.807) is 18.2 Å². The molecular weight excluding hydrogens is 419 g/mol. The number of hydrogen-bond acceptors (Lipinski definition) is 5. The summed E-state index contributed by atoms with van der Waals surface area (Å²) in [5.74, 6) is 0.0480. The van der Waals surface area contributed by atoms with Gasteiger partial charge in [0.1, 0.15) is 11.5 Å². The minimum atomic E-state index is -0.587. The number of non-ortho nitro benzene ring substituents is 1. The lowest BCUT2D eigenvalue weighted by Gasteiger charge is -2.10. The summed E-state index contributed by atoms with van der Waals surface area (Å²) in [6.07, 6.45) is 1.53. The Kier molecular flexibility index (Phi) is 6.05. The van der Waals surface area contributed by atoms with Gasteiger partial charge in [-0.1, -0.05) is 23.2 Å². The quantitative estimate of drug-likeness (QED) is 0.409. The SMILES string of the molecule is CCn1cc(Cl)c(C(=O)Nc2cc(Oc3ccc(Cl)c(C)c3)cc([N+](=O)[O-])c2)n1. The van der Waals surface area contributed by atoms with Crippen LogP contribution in [-0.2, 0) is 6.54 Å². The molecule has 0 atom stereocenters. The van der Waals surface area contributed by atoms with Crippen molar-refractivity contribution in [2.45, 2.75) is 20.4 Å². The number of aromatic nitrogens is 2. The fraction of sp³-hybridized carbons (Fsp3) is 0.158. The van der Waals surface area contributed by atoms with E-state index in [4.69, 9.17) is 27.9 Å². The Morgan fingerprint density at radius 3 is 2.59 bits per heavy atom. The van der Waals surface area contributed by atoms with Crippen molar-refractivity contribution in [3.05, 3.63) is 74.0 Å². The van der Waals surface area contributed by atoms with E-state index in [0.29, 0.717) is 17.3 Å². The number of nitro benzene ring substituents is 1. The topological polar surface area (TPSA) is 99.3 Å². The average molecular weight is 435 g/mol. The average Bonchev–Trinajstić information content (AvgIpc) is 3.05. The summed E-state index contributed by atoms with van der Waals surface area (Å²) in [4.78, 5) is 23.2. The summed E-state index contributed by atoms with van der Waals surface area (Å²) in [5, 5.41) is 18.7. The highest BCUT2D eigenvalue weighted by atomic mass is 35.5. The van der Waals surface area contributed by atoms with Crippen LogP contribution < -0.4 is 10.1 Å². The van der Waals surface area contributed by atoms with Crippen LogP contribution in [0.4, 0.5) is 11.4 Å². The van der Waals surface area contributed by atoms with Crippen LogP contribution in [-0.4, -0.2) is 20.6 Å². The first-order valence-electron chi connectivity index (χ1n) is 8.54. The number of ether oxygens (including phenoxy) is 1. The molecule has 0 unspecified atom stereocenters. The second kappa shape index (κ2) is 8.50. The highest BCUT2D eigenvalue weighted by Gasteiger charge is 2.18. The second-order valence-corrected chi connectivity index (χ2v) is 6.94. The van der Waals surface area contributed by atoms with Crippen molar-refractivity contribution >= 4 is 40.5 Å². The maximum Gasteiger partial charge on any atom is 0.277 e. The molecule has 10 heteroatoms. The second-order valence-electron chi connectivity index (χ2n) is 6.12. The third kappa shape index (κ3) is 4.85. The van der Waals surface area contributed by atoms with Gasteiger partial charge in [-0.3, -0.25) is 19.6 Å². The number of halogens is 2. The zero-order valence-corrected chi connectivity index (χ0v) is 17.0. The molecule has 1 heterocycles. The summed E-state index contributed by atoms with van der Waals surface area (Å²) in [6.45, 7) is 4.21. The fourth-order valence-electron chi connectivity index (χ4n) is 2.54. The summed E-state index contributed by atoms with van der Waals surface area (Å²) in [5.41, 5.74) is 0.751. The molecule has 1 amide bonds.